The number of imidazole rings is 1. The zero-order valence-electron chi connectivity index (χ0n) is 31.6. The van der Waals surface area contributed by atoms with Crippen molar-refractivity contribution < 1.29 is 32.5 Å². The molecule has 0 aliphatic carbocycles. The van der Waals surface area contributed by atoms with Gasteiger partial charge < -0.3 is 18.3 Å². The predicted octanol–water partition coefficient (Wildman–Crippen LogP) is 6.81. The van der Waals surface area contributed by atoms with Gasteiger partial charge in [-0.25, -0.2) is 19.9 Å². The number of carbonyl (C=O) groups is 2. The van der Waals surface area contributed by atoms with E-state index in [1.165, 1.54) is 23.2 Å². The number of benzene rings is 3. The van der Waals surface area contributed by atoms with Crippen LogP contribution < -0.4 is 20.1 Å². The summed E-state index contributed by atoms with van der Waals surface area (Å²) >= 11 is 0. The number of aromatic nitrogens is 4. The van der Waals surface area contributed by atoms with Crippen LogP contribution in [-0.2, 0) is 18.0 Å². The Balaban J connectivity index is 1.35. The Labute approximate surface area is 316 Å². The van der Waals surface area contributed by atoms with Crippen molar-refractivity contribution >= 4 is 55.1 Å². The fourth-order valence-electron chi connectivity index (χ4n) is 6.68. The molecule has 0 N–H and O–H groups in total. The lowest BCUT2D eigenvalue weighted by Gasteiger charge is -2.43. The van der Waals surface area contributed by atoms with Gasteiger partial charge in [0.15, 0.2) is 11.3 Å². The average molecular weight is 768 g/mol. The Morgan fingerprint density at radius 2 is 1.30 bits per heavy atom. The van der Waals surface area contributed by atoms with Gasteiger partial charge in [0.05, 0.1) is 23.3 Å². The highest BCUT2D eigenvalue weighted by molar-refractivity contribution is 7.57. The standard InChI is InChI=1S/C40H46N5O7PSi/c1-28(2)51-53(48,52-29(3)4)23-22-30(25-50-54(40(5,6)7,31-16-10-8-11-17-31)32-18-12-9-13-19-32)24-49-44-27-43-35-36(44)41-26-42-37(35)45-38(46)33-20-14-15-21-34(33)39(45)47/h8-23,26-30H,24-25H2,1-7H3. The number of carbonyl (C=O) groups excluding carboxylic acids is 2. The molecule has 3 heterocycles. The molecule has 5 aromatic rings. The van der Waals surface area contributed by atoms with Crippen molar-refractivity contribution in [2.75, 3.05) is 18.1 Å². The second-order valence-electron chi connectivity index (χ2n) is 14.7. The zero-order chi connectivity index (χ0) is 38.7. The van der Waals surface area contributed by atoms with Crippen molar-refractivity contribution in [1.82, 2.24) is 19.7 Å². The molecule has 0 fully saturated rings. The Kier molecular flexibility index (Phi) is 11.5. The van der Waals surface area contributed by atoms with Crippen molar-refractivity contribution in [3.05, 3.63) is 121 Å². The molecule has 6 rings (SSSR count). The van der Waals surface area contributed by atoms with Crippen LogP contribution >= 0.6 is 7.60 Å². The third-order valence-electron chi connectivity index (χ3n) is 8.90. The molecule has 0 saturated carbocycles. The molecule has 54 heavy (non-hydrogen) atoms. The van der Waals surface area contributed by atoms with Crippen LogP contribution in [-0.4, -0.2) is 65.2 Å². The molecular formula is C40H46N5O7PSi. The fourth-order valence-corrected chi connectivity index (χ4v) is 13.1. The molecule has 1 unspecified atom stereocenters. The van der Waals surface area contributed by atoms with Gasteiger partial charge in [-0.3, -0.25) is 14.2 Å². The van der Waals surface area contributed by atoms with Gasteiger partial charge in [-0.1, -0.05) is 99.6 Å². The summed E-state index contributed by atoms with van der Waals surface area (Å²) < 4.78 is 34.2. The van der Waals surface area contributed by atoms with Crippen LogP contribution in [0.1, 0.15) is 69.2 Å². The topological polar surface area (TPSA) is 135 Å². The Morgan fingerprint density at radius 1 is 0.759 bits per heavy atom. The number of hydrogen-bond acceptors (Lipinski definition) is 10. The van der Waals surface area contributed by atoms with Crippen LogP contribution in [0, 0.1) is 5.92 Å². The molecule has 3 aromatic carbocycles. The summed E-state index contributed by atoms with van der Waals surface area (Å²) in [5.74, 6) is 0.0885. The van der Waals surface area contributed by atoms with E-state index >= 15 is 0 Å². The molecule has 2 aromatic heterocycles. The maximum absolute atomic E-state index is 14.0. The predicted molar refractivity (Wildman–Crippen MR) is 211 cm³/mol. The summed E-state index contributed by atoms with van der Waals surface area (Å²) in [6.07, 6.45) is 3.74. The summed E-state index contributed by atoms with van der Waals surface area (Å²) in [4.78, 5) is 47.1. The highest BCUT2D eigenvalue weighted by Crippen LogP contribution is 2.52. The summed E-state index contributed by atoms with van der Waals surface area (Å²) in [6.45, 7) is 14.0. The van der Waals surface area contributed by atoms with Crippen molar-refractivity contribution in [3.63, 3.8) is 0 Å². The minimum absolute atomic E-state index is 0.0376. The van der Waals surface area contributed by atoms with E-state index in [2.05, 4.69) is 60.0 Å². The molecule has 282 valence electrons. The highest BCUT2D eigenvalue weighted by atomic mass is 31.2. The van der Waals surface area contributed by atoms with E-state index in [-0.39, 0.29) is 47.4 Å². The number of imide groups is 1. The molecule has 14 heteroatoms. The molecular weight excluding hydrogens is 722 g/mol. The molecule has 0 spiro atoms. The van der Waals surface area contributed by atoms with Crippen LogP contribution in [0.15, 0.2) is 109 Å². The van der Waals surface area contributed by atoms with Gasteiger partial charge in [0, 0.05) is 18.3 Å². The van der Waals surface area contributed by atoms with Gasteiger partial charge in [0.25, 0.3) is 20.1 Å². The number of nitrogens with zero attached hydrogens (tertiary/aromatic N) is 5. The minimum atomic E-state index is -3.67. The van der Waals surface area contributed by atoms with Crippen LogP contribution in [0.2, 0.25) is 5.04 Å². The van der Waals surface area contributed by atoms with Crippen LogP contribution in [0.25, 0.3) is 11.2 Å². The lowest BCUT2D eigenvalue weighted by Crippen LogP contribution is -2.67. The normalized spacial score (nSPS) is 14.5. The largest absolute Gasteiger partial charge is 0.410 e. The molecule has 12 nitrogen and oxygen atoms in total. The van der Waals surface area contributed by atoms with Gasteiger partial charge in [-0.2, -0.15) is 4.73 Å². The third kappa shape index (κ3) is 7.87. The Morgan fingerprint density at radius 3 is 1.81 bits per heavy atom. The zero-order valence-corrected chi connectivity index (χ0v) is 33.5. The first-order valence-electron chi connectivity index (χ1n) is 17.9. The van der Waals surface area contributed by atoms with Crippen molar-refractivity contribution in [2.24, 2.45) is 5.92 Å². The van der Waals surface area contributed by atoms with E-state index in [0.717, 1.165) is 15.3 Å². The molecule has 1 aliphatic heterocycles. The number of hydrogen-bond donors (Lipinski definition) is 0. The second-order valence-corrected chi connectivity index (χ2v) is 20.8. The monoisotopic (exact) mass is 767 g/mol. The van der Waals surface area contributed by atoms with Gasteiger partial charge in [-0.15, -0.1) is 0 Å². The van der Waals surface area contributed by atoms with E-state index in [0.29, 0.717) is 11.1 Å². The Hall–Kier alpha value is -4.78. The summed E-state index contributed by atoms with van der Waals surface area (Å²) in [6, 6.07) is 27.2. The van der Waals surface area contributed by atoms with Gasteiger partial charge in [0.1, 0.15) is 19.3 Å². The number of amides is 2. The highest BCUT2D eigenvalue weighted by Gasteiger charge is 2.50. The van der Waals surface area contributed by atoms with Crippen molar-refractivity contribution in [1.29, 1.82) is 0 Å². The number of fused-ring (bicyclic) bond motifs is 2. The molecule has 2 amide bonds. The first-order chi connectivity index (χ1) is 25.7. The molecule has 0 bridgehead atoms. The third-order valence-corrected chi connectivity index (χ3v) is 15.9. The van der Waals surface area contributed by atoms with Gasteiger partial charge in [0.2, 0.25) is 5.65 Å². The SMILES string of the molecule is CC(C)OP(=O)(C=CC(COn1cnc2c(N3C(=O)c4ccccc4C3=O)ncnc21)CO[Si](c1ccccc1)(c1ccccc1)C(C)(C)C)OC(C)C. The van der Waals surface area contributed by atoms with E-state index in [4.69, 9.17) is 18.3 Å². The summed E-state index contributed by atoms with van der Waals surface area (Å²) in [5, 5.41) is 1.93. The summed E-state index contributed by atoms with van der Waals surface area (Å²) in [5.41, 5.74) is 1.05. The van der Waals surface area contributed by atoms with Crippen LogP contribution in [0.5, 0.6) is 0 Å². The van der Waals surface area contributed by atoms with Gasteiger partial charge >= 0.3 is 7.60 Å². The Bertz CT molecular complexity index is 2100. The van der Waals surface area contributed by atoms with Crippen LogP contribution in [0.3, 0.4) is 0 Å². The number of anilines is 1. The molecule has 1 atom stereocenters. The average Bonchev–Trinajstić information content (AvgIpc) is 3.66. The van der Waals surface area contributed by atoms with Crippen molar-refractivity contribution in [2.45, 2.75) is 65.7 Å². The van der Waals surface area contributed by atoms with E-state index < -0.39 is 33.6 Å². The first-order valence-corrected chi connectivity index (χ1v) is 21.5. The second kappa shape index (κ2) is 15.9. The van der Waals surface area contributed by atoms with E-state index in [1.54, 1.807) is 58.0 Å². The number of rotatable bonds is 15. The van der Waals surface area contributed by atoms with Crippen molar-refractivity contribution in [3.8, 4) is 0 Å². The van der Waals surface area contributed by atoms with Crippen LogP contribution in [0.4, 0.5) is 5.82 Å². The maximum atomic E-state index is 14.0. The minimum Gasteiger partial charge on any atom is -0.410 e. The lowest BCUT2D eigenvalue weighted by atomic mass is 10.1. The maximum Gasteiger partial charge on any atom is 0.354 e. The van der Waals surface area contributed by atoms with E-state index in [9.17, 15) is 14.2 Å². The lowest BCUT2D eigenvalue weighted by molar-refractivity contribution is 0.0811. The molecule has 1 aliphatic rings. The quantitative estimate of drug-likeness (QED) is 0.0636. The smallest absolute Gasteiger partial charge is 0.354 e. The van der Waals surface area contributed by atoms with Gasteiger partial charge in [-0.05, 0) is 55.2 Å². The first kappa shape index (κ1) is 38.9. The molecule has 0 saturated heterocycles. The molecule has 0 radical (unpaired) electrons. The van der Waals surface area contributed by atoms with E-state index in [1.807, 2.05) is 36.4 Å². The summed E-state index contributed by atoms with van der Waals surface area (Å²) in [7, 11) is -6.64. The fraction of sp³-hybridized carbons (Fsp3) is 0.325.